The van der Waals surface area contributed by atoms with Crippen molar-refractivity contribution >= 4 is 22.6 Å². The third kappa shape index (κ3) is 4.01. The molecule has 0 unspecified atom stereocenters. The van der Waals surface area contributed by atoms with Crippen LogP contribution in [0.5, 0.6) is 0 Å². The number of benzene rings is 1. The van der Waals surface area contributed by atoms with Crippen LogP contribution in [-0.2, 0) is 16.1 Å². The van der Waals surface area contributed by atoms with Gasteiger partial charge in [0.25, 0.3) is 0 Å². The Kier molecular flexibility index (Phi) is 6.11. The predicted molar refractivity (Wildman–Crippen MR) is 128 cm³/mol. The molecule has 5 rings (SSSR count). The van der Waals surface area contributed by atoms with Crippen LogP contribution in [0.15, 0.2) is 35.1 Å². The molecule has 174 valence electrons. The fourth-order valence-electron chi connectivity index (χ4n) is 5.75. The minimum absolute atomic E-state index is 0.0470. The van der Waals surface area contributed by atoms with Gasteiger partial charge < -0.3 is 18.6 Å². The van der Waals surface area contributed by atoms with Crippen LogP contribution in [0.1, 0.15) is 66.4 Å². The summed E-state index contributed by atoms with van der Waals surface area (Å²) in [7, 11) is 0. The summed E-state index contributed by atoms with van der Waals surface area (Å²) in [6, 6.07) is 6.04. The molecule has 2 fully saturated rings. The van der Waals surface area contributed by atoms with E-state index in [1.807, 2.05) is 24.0 Å². The zero-order chi connectivity index (χ0) is 22.9. The highest BCUT2D eigenvalue weighted by Crippen LogP contribution is 2.45. The van der Waals surface area contributed by atoms with Crippen molar-refractivity contribution in [3.05, 3.63) is 47.4 Å². The van der Waals surface area contributed by atoms with E-state index in [-0.39, 0.29) is 18.2 Å². The maximum absolute atomic E-state index is 13.4. The van der Waals surface area contributed by atoms with Crippen LogP contribution in [0.3, 0.4) is 0 Å². The van der Waals surface area contributed by atoms with Crippen LogP contribution < -0.4 is 0 Å². The van der Waals surface area contributed by atoms with Crippen LogP contribution in [0.25, 0.3) is 22.2 Å². The number of nitrogens with zero attached hydrogens (tertiary/aromatic N) is 2. The largest absolute Gasteiger partial charge is 0.472 e. The Labute approximate surface area is 194 Å². The number of Topliss-reactive ketones (excluding diaryl/α,β-unsaturated/α-hetero) is 1. The molecule has 0 bridgehead atoms. The second-order valence-electron chi connectivity index (χ2n) is 9.38. The molecule has 33 heavy (non-hydrogen) atoms. The quantitative estimate of drug-likeness (QED) is 0.496. The van der Waals surface area contributed by atoms with Gasteiger partial charge in [0.15, 0.2) is 5.78 Å². The lowest BCUT2D eigenvalue weighted by molar-refractivity contribution is -0.135. The van der Waals surface area contributed by atoms with E-state index in [0.717, 1.165) is 40.6 Å². The number of furan rings is 1. The molecule has 6 heteroatoms. The first kappa shape index (κ1) is 22.0. The molecule has 1 amide bonds. The molecule has 3 heterocycles. The fourth-order valence-corrected chi connectivity index (χ4v) is 5.75. The van der Waals surface area contributed by atoms with E-state index in [0.29, 0.717) is 37.8 Å². The Bertz CT molecular complexity index is 1160. The molecule has 6 nitrogen and oxygen atoms in total. The summed E-state index contributed by atoms with van der Waals surface area (Å²) in [5, 5.41) is 1.16. The minimum Gasteiger partial charge on any atom is -0.472 e. The summed E-state index contributed by atoms with van der Waals surface area (Å²) in [6.45, 7) is 6.25. The molecule has 0 atom stereocenters. The Morgan fingerprint density at radius 1 is 1.06 bits per heavy atom. The zero-order valence-electron chi connectivity index (χ0n) is 19.6. The topological polar surface area (TPSA) is 64.7 Å². The summed E-state index contributed by atoms with van der Waals surface area (Å²) in [5.41, 5.74) is 6.03. The van der Waals surface area contributed by atoms with Gasteiger partial charge in [-0.05, 0) is 49.8 Å². The first-order valence-electron chi connectivity index (χ1n) is 12.1. The van der Waals surface area contributed by atoms with Crippen LogP contribution >= 0.6 is 0 Å². The van der Waals surface area contributed by atoms with E-state index in [1.165, 1.54) is 24.8 Å². The Morgan fingerprint density at radius 2 is 1.82 bits per heavy atom. The van der Waals surface area contributed by atoms with Gasteiger partial charge >= 0.3 is 0 Å². The molecular weight excluding hydrogens is 416 g/mol. The number of aryl methyl sites for hydroxylation is 1. The summed E-state index contributed by atoms with van der Waals surface area (Å²) in [6.07, 6.45) is 9.48. The average molecular weight is 449 g/mol. The van der Waals surface area contributed by atoms with Crippen LogP contribution in [-0.4, -0.2) is 47.5 Å². The number of ketones is 1. The lowest BCUT2D eigenvalue weighted by atomic mass is 9.81. The third-order valence-corrected chi connectivity index (χ3v) is 7.36. The standard InChI is InChI=1S/C27H32N2O4/c1-18-22(19(2)30)8-9-23-25(20-6-4-3-5-7-20)27(21-10-13-33-17-21)29(26(18)23)16-24(31)28-11-14-32-15-12-28/h8-10,13,17,20H,3-7,11-12,14-16H2,1-2H3. The zero-order valence-corrected chi connectivity index (χ0v) is 19.6. The lowest BCUT2D eigenvalue weighted by Gasteiger charge is -2.28. The van der Waals surface area contributed by atoms with E-state index in [2.05, 4.69) is 10.6 Å². The number of amides is 1. The molecule has 1 aliphatic heterocycles. The molecule has 0 N–H and O–H groups in total. The molecule has 1 saturated carbocycles. The van der Waals surface area contributed by atoms with Crippen molar-refractivity contribution in [2.45, 2.75) is 58.4 Å². The molecule has 3 aromatic rings. The van der Waals surface area contributed by atoms with Crippen molar-refractivity contribution in [3.63, 3.8) is 0 Å². The normalized spacial score (nSPS) is 17.6. The van der Waals surface area contributed by atoms with Gasteiger partial charge in [-0.1, -0.05) is 31.4 Å². The minimum atomic E-state index is 0.0470. The molecule has 1 aromatic carbocycles. The highest BCUT2D eigenvalue weighted by molar-refractivity contribution is 6.03. The molecule has 1 saturated heterocycles. The number of aromatic nitrogens is 1. The van der Waals surface area contributed by atoms with Gasteiger partial charge in [-0.25, -0.2) is 0 Å². The number of carbonyl (C=O) groups excluding carboxylic acids is 2. The van der Waals surface area contributed by atoms with Gasteiger partial charge in [-0.15, -0.1) is 0 Å². The molecule has 0 spiro atoms. The van der Waals surface area contributed by atoms with Gasteiger partial charge in [0.2, 0.25) is 5.91 Å². The highest BCUT2D eigenvalue weighted by atomic mass is 16.5. The smallest absolute Gasteiger partial charge is 0.242 e. The average Bonchev–Trinajstić information content (AvgIpc) is 3.47. The number of fused-ring (bicyclic) bond motifs is 1. The van der Waals surface area contributed by atoms with Crippen LogP contribution in [0, 0.1) is 6.92 Å². The fraction of sp³-hybridized carbons (Fsp3) is 0.481. The number of morpholine rings is 1. The van der Waals surface area contributed by atoms with Crippen molar-refractivity contribution < 1.29 is 18.7 Å². The Balaban J connectivity index is 1.74. The van der Waals surface area contributed by atoms with Gasteiger partial charge in [0.05, 0.1) is 37.0 Å². The molecule has 2 aromatic heterocycles. The summed E-state index contributed by atoms with van der Waals surface area (Å²) in [4.78, 5) is 27.7. The van der Waals surface area contributed by atoms with E-state index in [1.54, 1.807) is 19.5 Å². The monoisotopic (exact) mass is 448 g/mol. The number of ether oxygens (including phenoxy) is 1. The van der Waals surface area contributed by atoms with Gasteiger partial charge in [0.1, 0.15) is 6.54 Å². The van der Waals surface area contributed by atoms with E-state index in [9.17, 15) is 9.59 Å². The predicted octanol–water partition coefficient (Wildman–Crippen LogP) is 5.32. The Hall–Kier alpha value is -2.86. The molecule has 1 aliphatic carbocycles. The van der Waals surface area contributed by atoms with Gasteiger partial charge in [-0.2, -0.15) is 0 Å². The van der Waals surface area contributed by atoms with E-state index < -0.39 is 0 Å². The summed E-state index contributed by atoms with van der Waals surface area (Å²) < 4.78 is 13.1. The van der Waals surface area contributed by atoms with Crippen LogP contribution in [0.4, 0.5) is 0 Å². The number of carbonyl (C=O) groups is 2. The molecular formula is C27H32N2O4. The van der Waals surface area contributed by atoms with Crippen molar-refractivity contribution in [1.29, 1.82) is 0 Å². The first-order chi connectivity index (χ1) is 16.1. The second kappa shape index (κ2) is 9.18. The maximum atomic E-state index is 13.4. The third-order valence-electron chi connectivity index (χ3n) is 7.36. The highest BCUT2D eigenvalue weighted by Gasteiger charge is 2.30. The van der Waals surface area contributed by atoms with Crippen LogP contribution in [0.2, 0.25) is 0 Å². The maximum Gasteiger partial charge on any atom is 0.242 e. The van der Waals surface area contributed by atoms with E-state index >= 15 is 0 Å². The second-order valence-corrected chi connectivity index (χ2v) is 9.38. The number of hydrogen-bond donors (Lipinski definition) is 0. The number of rotatable bonds is 5. The summed E-state index contributed by atoms with van der Waals surface area (Å²) >= 11 is 0. The molecule has 0 radical (unpaired) electrons. The van der Waals surface area contributed by atoms with Crippen molar-refractivity contribution in [2.24, 2.45) is 0 Å². The van der Waals surface area contributed by atoms with E-state index in [4.69, 9.17) is 9.15 Å². The summed E-state index contributed by atoms with van der Waals surface area (Å²) in [5.74, 6) is 0.571. The number of hydrogen-bond acceptors (Lipinski definition) is 4. The van der Waals surface area contributed by atoms with Crippen molar-refractivity contribution in [2.75, 3.05) is 26.3 Å². The lowest BCUT2D eigenvalue weighted by Crippen LogP contribution is -2.42. The van der Waals surface area contributed by atoms with Gasteiger partial charge in [-0.3, -0.25) is 9.59 Å². The Morgan fingerprint density at radius 3 is 2.48 bits per heavy atom. The van der Waals surface area contributed by atoms with Gasteiger partial charge in [0, 0.05) is 29.6 Å². The first-order valence-corrected chi connectivity index (χ1v) is 12.1. The molecule has 2 aliphatic rings. The SMILES string of the molecule is CC(=O)c1ccc2c(C3CCCCC3)c(-c3ccoc3)n(CC(=O)N3CCOCC3)c2c1C. The van der Waals surface area contributed by atoms with Crippen molar-refractivity contribution in [1.82, 2.24) is 9.47 Å². The van der Waals surface area contributed by atoms with Crippen molar-refractivity contribution in [3.8, 4) is 11.3 Å².